The highest BCUT2D eigenvalue weighted by atomic mass is 16.5. The Bertz CT molecular complexity index is 968. The van der Waals surface area contributed by atoms with E-state index in [1.54, 1.807) is 23.2 Å². The Labute approximate surface area is 230 Å². The second kappa shape index (κ2) is 16.5. The quantitative estimate of drug-likeness (QED) is 0.138. The number of carbonyl (C=O) groups is 4. The number of aliphatic carboxylic acids is 4. The summed E-state index contributed by atoms with van der Waals surface area (Å²) >= 11 is 0. The number of hydrogen-bond donors (Lipinski definition) is 7. The van der Waals surface area contributed by atoms with Crippen LogP contribution >= 0.6 is 0 Å². The van der Waals surface area contributed by atoms with Crippen LogP contribution in [0.3, 0.4) is 0 Å². The van der Waals surface area contributed by atoms with Crippen LogP contribution in [0, 0.1) is 0 Å². The van der Waals surface area contributed by atoms with Gasteiger partial charge >= 0.3 is 11.9 Å². The van der Waals surface area contributed by atoms with Crippen LogP contribution in [0.5, 0.6) is 5.75 Å². The van der Waals surface area contributed by atoms with Crippen LogP contribution in [0.1, 0.15) is 37.7 Å². The van der Waals surface area contributed by atoms with E-state index in [-0.39, 0.29) is 0 Å². The fraction of sp³-hybridized carbons (Fsp3) is 0.538. The predicted octanol–water partition coefficient (Wildman–Crippen LogP) is -4.52. The number of likely N-dealkylation sites (N-methyl/N-ethyl adjacent to an activating group) is 1. The first kappa shape index (κ1) is 34.5. The molecule has 0 bridgehead atoms. The highest BCUT2D eigenvalue weighted by Crippen LogP contribution is 2.31. The summed E-state index contributed by atoms with van der Waals surface area (Å²) in [5, 5.41) is 68.3. The van der Waals surface area contributed by atoms with Crippen LogP contribution in [0.15, 0.2) is 35.4 Å². The van der Waals surface area contributed by atoms with E-state index in [2.05, 4.69) is 31.3 Å². The van der Waals surface area contributed by atoms with Crippen LogP contribution in [0.25, 0.3) is 0 Å². The average molecular weight is 571 g/mol. The molecule has 1 aromatic rings. The van der Waals surface area contributed by atoms with Gasteiger partial charge < -0.3 is 60.1 Å². The van der Waals surface area contributed by atoms with Crippen molar-refractivity contribution in [2.24, 2.45) is 0 Å². The van der Waals surface area contributed by atoms with Crippen molar-refractivity contribution in [1.29, 1.82) is 0 Å². The van der Waals surface area contributed by atoms with Gasteiger partial charge in [-0.25, -0.2) is 9.59 Å². The Hall–Kier alpha value is -3.56. The molecule has 0 aromatic heterocycles. The van der Waals surface area contributed by atoms with E-state index in [1.807, 2.05) is 0 Å². The second-order valence-electron chi connectivity index (χ2n) is 9.38. The maximum absolute atomic E-state index is 9.74. The molecular formula is C26H36NO13-. The van der Waals surface area contributed by atoms with E-state index >= 15 is 0 Å². The Kier molecular flexibility index (Phi) is 14.2. The molecule has 14 heteroatoms. The third-order valence-corrected chi connectivity index (χ3v) is 6.65. The number of aliphatic hydroxyl groups excluding tert-OH is 4. The van der Waals surface area contributed by atoms with Gasteiger partial charge in [-0.05, 0) is 49.0 Å². The van der Waals surface area contributed by atoms with Crippen molar-refractivity contribution < 1.29 is 69.7 Å². The number of carboxylic acid groups (broad SMARTS) is 4. The molecule has 0 amide bonds. The van der Waals surface area contributed by atoms with Crippen molar-refractivity contribution in [3.8, 4) is 5.75 Å². The van der Waals surface area contributed by atoms with Gasteiger partial charge in [0.15, 0.2) is 12.2 Å². The molecule has 0 radical (unpaired) electrons. The molecule has 0 fully saturated rings. The number of rotatable bonds is 9. The molecule has 1 aromatic carbocycles. The molecule has 7 N–H and O–H groups in total. The molecule has 3 rings (SSSR count). The van der Waals surface area contributed by atoms with Gasteiger partial charge in [0.05, 0.1) is 32.6 Å². The topological polar surface area (TPSA) is 249 Å². The average Bonchev–Trinajstić information content (AvgIpc) is 2.93. The van der Waals surface area contributed by atoms with Gasteiger partial charge in [-0.1, -0.05) is 17.7 Å². The Balaban J connectivity index is 0.000000340. The number of ether oxygens (including phenoxy) is 1. The van der Waals surface area contributed by atoms with Crippen LogP contribution in [-0.2, 0) is 25.6 Å². The van der Waals surface area contributed by atoms with Gasteiger partial charge in [-0.2, -0.15) is 0 Å². The van der Waals surface area contributed by atoms with Gasteiger partial charge in [0.25, 0.3) is 0 Å². The molecule has 1 aliphatic heterocycles. The number of aliphatic hydroxyl groups is 4. The Morgan fingerprint density at radius 3 is 1.73 bits per heavy atom. The monoisotopic (exact) mass is 570 g/mol. The molecular weight excluding hydrogens is 534 g/mol. The number of carbonyl (C=O) groups excluding carboxylic acids is 2. The smallest absolute Gasteiger partial charge is 0.335 e. The lowest BCUT2D eigenvalue weighted by atomic mass is 9.81. The number of hydrogen-bond acceptors (Lipinski definition) is 11. The van der Waals surface area contributed by atoms with Crippen LogP contribution in [0.4, 0.5) is 0 Å². The fourth-order valence-electron chi connectivity index (χ4n) is 4.34. The zero-order chi connectivity index (χ0) is 30.6. The first-order chi connectivity index (χ1) is 18.7. The summed E-state index contributed by atoms with van der Waals surface area (Å²) in [6, 6.07) is 9.33. The van der Waals surface area contributed by atoms with Crippen molar-refractivity contribution in [3.05, 3.63) is 41.0 Å². The summed E-state index contributed by atoms with van der Waals surface area (Å²) in [6.07, 6.45) is -1.40. The van der Waals surface area contributed by atoms with Crippen molar-refractivity contribution in [2.45, 2.75) is 69.0 Å². The number of quaternary nitrogens is 1. The van der Waals surface area contributed by atoms with E-state index in [4.69, 9.17) is 35.4 Å². The third-order valence-electron chi connectivity index (χ3n) is 6.65. The van der Waals surface area contributed by atoms with Gasteiger partial charge in [-0.3, -0.25) is 0 Å². The molecule has 2 aliphatic rings. The second-order valence-corrected chi connectivity index (χ2v) is 9.38. The molecule has 0 spiro atoms. The number of carboxylic acids is 4. The zero-order valence-electron chi connectivity index (χ0n) is 22.2. The molecule has 224 valence electrons. The first-order valence-electron chi connectivity index (χ1n) is 12.5. The van der Waals surface area contributed by atoms with Crippen molar-refractivity contribution in [1.82, 2.24) is 0 Å². The summed E-state index contributed by atoms with van der Waals surface area (Å²) in [6.45, 7) is 1.31. The molecule has 6 atom stereocenters. The molecule has 0 saturated carbocycles. The third kappa shape index (κ3) is 10.5. The van der Waals surface area contributed by atoms with Gasteiger partial charge in [0.1, 0.15) is 24.0 Å². The standard InChI is InChI=1S/C18H25NO.2C4H6O6/c1-19-12-11-15-5-3-4-6-17(15)18(19)13-14-7-9-16(20-2)10-8-14;2*5-1(3(7)8)2(6)4(9)10/h7-10,18H,3-6,11-13H2,1-2H3;2*1-2,5-6H,(H,7,8)(H,9,10)/p-1. The summed E-state index contributed by atoms with van der Waals surface area (Å²) in [4.78, 5) is 40.5. The minimum absolute atomic E-state index is 0.701. The summed E-state index contributed by atoms with van der Waals surface area (Å²) < 4.78 is 5.25. The van der Waals surface area contributed by atoms with E-state index in [0.717, 1.165) is 5.75 Å². The highest BCUT2D eigenvalue weighted by molar-refractivity contribution is 5.82. The van der Waals surface area contributed by atoms with E-state index < -0.39 is 48.3 Å². The lowest BCUT2D eigenvalue weighted by Crippen LogP contribution is -3.14. The maximum Gasteiger partial charge on any atom is 0.335 e. The number of nitrogens with one attached hydrogen (secondary N) is 1. The highest BCUT2D eigenvalue weighted by Gasteiger charge is 2.31. The molecule has 1 heterocycles. The maximum atomic E-state index is 9.74. The Morgan fingerprint density at radius 1 is 0.850 bits per heavy atom. The van der Waals surface area contributed by atoms with Crippen molar-refractivity contribution in [2.75, 3.05) is 20.7 Å². The largest absolute Gasteiger partial charge is 0.547 e. The number of benzene rings is 1. The molecule has 1 aliphatic carbocycles. The van der Waals surface area contributed by atoms with Gasteiger partial charge in [0.2, 0.25) is 0 Å². The molecule has 40 heavy (non-hydrogen) atoms. The zero-order valence-corrected chi connectivity index (χ0v) is 22.2. The summed E-state index contributed by atoms with van der Waals surface area (Å²) in [5.74, 6) is -6.70. The van der Waals surface area contributed by atoms with Gasteiger partial charge in [-0.15, -0.1) is 0 Å². The first-order valence-corrected chi connectivity index (χ1v) is 12.5. The molecule has 6 unspecified atom stereocenters. The van der Waals surface area contributed by atoms with Crippen LogP contribution in [-0.4, -0.2) is 106 Å². The number of methoxy groups -OCH3 is 1. The Morgan fingerprint density at radius 2 is 1.32 bits per heavy atom. The SMILES string of the molecule is COc1ccc(CC2C3=C(CCCC3)CC[NH+]2C)cc1.O=C([O-])C(O)C(O)C(=O)O.O=C([O-])C(O)C(O)C(=O)O. The van der Waals surface area contributed by atoms with Crippen LogP contribution in [0.2, 0.25) is 0 Å². The lowest BCUT2D eigenvalue weighted by molar-refractivity contribution is -0.902. The van der Waals surface area contributed by atoms with Gasteiger partial charge in [0, 0.05) is 12.8 Å². The van der Waals surface area contributed by atoms with Crippen LogP contribution < -0.4 is 19.8 Å². The van der Waals surface area contributed by atoms with Crippen molar-refractivity contribution >= 4 is 23.9 Å². The predicted molar refractivity (Wildman–Crippen MR) is 132 cm³/mol. The fourth-order valence-corrected chi connectivity index (χ4v) is 4.34. The van der Waals surface area contributed by atoms with Crippen molar-refractivity contribution in [3.63, 3.8) is 0 Å². The van der Waals surface area contributed by atoms with E-state index in [9.17, 15) is 29.4 Å². The summed E-state index contributed by atoms with van der Waals surface area (Å²) in [5.41, 5.74) is 5.02. The molecule has 0 saturated heterocycles. The minimum Gasteiger partial charge on any atom is -0.547 e. The van der Waals surface area contributed by atoms with E-state index in [0.29, 0.717) is 6.04 Å². The summed E-state index contributed by atoms with van der Waals surface area (Å²) in [7, 11) is 4.10. The molecule has 14 nitrogen and oxygen atoms in total. The lowest BCUT2D eigenvalue weighted by Gasteiger charge is -2.36. The minimum atomic E-state index is -2.38. The normalized spacial score (nSPS) is 21.1. The van der Waals surface area contributed by atoms with E-state index in [1.165, 1.54) is 50.6 Å².